The Balaban J connectivity index is 2.08. The van der Waals surface area contributed by atoms with Crippen LogP contribution in [0, 0.1) is 0 Å². The average molecular weight is 245 g/mol. The summed E-state index contributed by atoms with van der Waals surface area (Å²) in [6, 6.07) is 20.4. The van der Waals surface area contributed by atoms with Gasteiger partial charge in [0, 0.05) is 17.1 Å². The molecule has 0 aliphatic heterocycles. The summed E-state index contributed by atoms with van der Waals surface area (Å²) in [7, 11) is 0. The molecule has 0 atom stereocenters. The van der Waals surface area contributed by atoms with Crippen LogP contribution in [-0.2, 0) is 0 Å². The summed E-state index contributed by atoms with van der Waals surface area (Å²) in [5.41, 5.74) is 1.97. The van der Waals surface area contributed by atoms with Crippen LogP contribution in [-0.4, -0.2) is 14.6 Å². The molecule has 0 saturated carbocycles. The van der Waals surface area contributed by atoms with Crippen LogP contribution in [0.1, 0.15) is 0 Å². The maximum atomic E-state index is 4.34. The van der Waals surface area contributed by atoms with Crippen LogP contribution in [0.4, 0.5) is 0 Å². The van der Waals surface area contributed by atoms with E-state index in [1.165, 1.54) is 5.39 Å². The van der Waals surface area contributed by atoms with Crippen LogP contribution in [0.3, 0.4) is 0 Å². The Morgan fingerprint density at radius 1 is 0.737 bits per heavy atom. The molecule has 3 heteroatoms. The fraction of sp³-hybridized carbons (Fsp3) is 0. The molecule has 4 aromatic rings. The Bertz CT molecular complexity index is 863. The highest BCUT2D eigenvalue weighted by atomic mass is 15.2. The third-order valence-corrected chi connectivity index (χ3v) is 3.33. The molecule has 0 aliphatic carbocycles. The fourth-order valence-corrected chi connectivity index (χ4v) is 2.40. The second-order valence-corrected chi connectivity index (χ2v) is 4.49. The average Bonchev–Trinajstić information content (AvgIpc) is 2.92. The number of hydrogen-bond donors (Lipinski definition) is 0. The molecule has 0 saturated heterocycles. The van der Waals surface area contributed by atoms with Gasteiger partial charge in [-0.15, -0.1) is 10.2 Å². The molecule has 0 fully saturated rings. The molecule has 2 aromatic heterocycles. The third-order valence-electron chi connectivity index (χ3n) is 3.33. The van der Waals surface area contributed by atoms with Crippen molar-refractivity contribution in [2.45, 2.75) is 0 Å². The van der Waals surface area contributed by atoms with Gasteiger partial charge in [0.05, 0.1) is 0 Å². The lowest BCUT2D eigenvalue weighted by Crippen LogP contribution is -1.89. The largest absolute Gasteiger partial charge is 0.282 e. The number of rotatable bonds is 1. The monoisotopic (exact) mass is 245 g/mol. The van der Waals surface area contributed by atoms with E-state index >= 15 is 0 Å². The predicted octanol–water partition coefficient (Wildman–Crippen LogP) is 3.55. The number of aromatic nitrogens is 3. The normalized spacial score (nSPS) is 11.2. The van der Waals surface area contributed by atoms with Crippen LogP contribution < -0.4 is 0 Å². The topological polar surface area (TPSA) is 30.2 Å². The second kappa shape index (κ2) is 3.92. The SMILES string of the molecule is c1ccc(-c2nnc3c4ccccc4ccn23)cc1. The van der Waals surface area contributed by atoms with Gasteiger partial charge < -0.3 is 0 Å². The standard InChI is InChI=1S/C16H11N3/c1-2-7-13(8-3-1)15-17-18-16-14-9-5-4-6-12(14)10-11-19(15)16/h1-11H. The highest BCUT2D eigenvalue weighted by Crippen LogP contribution is 2.23. The van der Waals surface area contributed by atoms with Gasteiger partial charge in [0.15, 0.2) is 11.5 Å². The van der Waals surface area contributed by atoms with E-state index in [9.17, 15) is 0 Å². The van der Waals surface area contributed by atoms with Crippen LogP contribution in [0.25, 0.3) is 27.8 Å². The van der Waals surface area contributed by atoms with Crippen molar-refractivity contribution < 1.29 is 0 Å². The lowest BCUT2D eigenvalue weighted by molar-refractivity contribution is 1.11. The summed E-state index contributed by atoms with van der Waals surface area (Å²) < 4.78 is 2.04. The molecule has 0 bridgehead atoms. The molecule has 0 unspecified atom stereocenters. The highest BCUT2D eigenvalue weighted by Gasteiger charge is 2.09. The number of hydrogen-bond acceptors (Lipinski definition) is 2. The van der Waals surface area contributed by atoms with Crippen molar-refractivity contribution in [3.63, 3.8) is 0 Å². The van der Waals surface area contributed by atoms with E-state index in [1.807, 2.05) is 53.1 Å². The van der Waals surface area contributed by atoms with E-state index in [0.717, 1.165) is 22.4 Å². The molecule has 0 spiro atoms. The van der Waals surface area contributed by atoms with Crippen molar-refractivity contribution in [3.05, 3.63) is 66.9 Å². The maximum absolute atomic E-state index is 4.34. The molecule has 0 radical (unpaired) electrons. The van der Waals surface area contributed by atoms with Gasteiger partial charge >= 0.3 is 0 Å². The lowest BCUT2D eigenvalue weighted by atomic mass is 10.1. The zero-order valence-electron chi connectivity index (χ0n) is 10.2. The molecule has 3 nitrogen and oxygen atoms in total. The van der Waals surface area contributed by atoms with Crippen molar-refractivity contribution in [1.29, 1.82) is 0 Å². The Morgan fingerprint density at radius 3 is 2.42 bits per heavy atom. The van der Waals surface area contributed by atoms with Gasteiger partial charge in [0.2, 0.25) is 0 Å². The van der Waals surface area contributed by atoms with E-state index in [4.69, 9.17) is 0 Å². The first-order valence-corrected chi connectivity index (χ1v) is 6.21. The van der Waals surface area contributed by atoms with Crippen LogP contribution in [0.15, 0.2) is 66.9 Å². The van der Waals surface area contributed by atoms with Gasteiger partial charge in [-0.3, -0.25) is 4.40 Å². The summed E-state index contributed by atoms with van der Waals surface area (Å²) >= 11 is 0. The number of pyridine rings is 1. The fourth-order valence-electron chi connectivity index (χ4n) is 2.40. The van der Waals surface area contributed by atoms with Gasteiger partial charge in [-0.1, -0.05) is 54.6 Å². The molecule has 0 aliphatic rings. The van der Waals surface area contributed by atoms with Crippen molar-refractivity contribution >= 4 is 16.4 Å². The van der Waals surface area contributed by atoms with Crippen molar-refractivity contribution in [2.75, 3.05) is 0 Å². The quantitative estimate of drug-likeness (QED) is 0.513. The molecule has 90 valence electrons. The lowest BCUT2D eigenvalue weighted by Gasteiger charge is -2.02. The van der Waals surface area contributed by atoms with E-state index in [-0.39, 0.29) is 0 Å². The van der Waals surface area contributed by atoms with Gasteiger partial charge in [-0.05, 0) is 11.5 Å². The summed E-state index contributed by atoms with van der Waals surface area (Å²) in [4.78, 5) is 0. The third kappa shape index (κ3) is 1.52. The summed E-state index contributed by atoms with van der Waals surface area (Å²) in [5.74, 6) is 0.876. The zero-order valence-corrected chi connectivity index (χ0v) is 10.2. The van der Waals surface area contributed by atoms with Gasteiger partial charge in [-0.25, -0.2) is 0 Å². The summed E-state index contributed by atoms with van der Waals surface area (Å²) in [6.45, 7) is 0. The number of benzene rings is 2. The highest BCUT2D eigenvalue weighted by molar-refractivity contribution is 5.94. The minimum absolute atomic E-state index is 0.876. The van der Waals surface area contributed by atoms with E-state index < -0.39 is 0 Å². The Kier molecular flexibility index (Phi) is 2.12. The van der Waals surface area contributed by atoms with E-state index in [0.29, 0.717) is 0 Å². The first-order chi connectivity index (χ1) is 9.43. The zero-order chi connectivity index (χ0) is 12.7. The summed E-state index contributed by atoms with van der Waals surface area (Å²) in [5, 5.41) is 11.0. The van der Waals surface area contributed by atoms with E-state index in [2.05, 4.69) is 28.4 Å². The van der Waals surface area contributed by atoms with Gasteiger partial charge in [0.1, 0.15) is 0 Å². The van der Waals surface area contributed by atoms with Crippen LogP contribution >= 0.6 is 0 Å². The number of nitrogens with zero attached hydrogens (tertiary/aromatic N) is 3. The molecular weight excluding hydrogens is 234 g/mol. The van der Waals surface area contributed by atoms with Crippen LogP contribution in [0.5, 0.6) is 0 Å². The molecule has 4 rings (SSSR count). The second-order valence-electron chi connectivity index (χ2n) is 4.49. The molecular formula is C16H11N3. The smallest absolute Gasteiger partial charge is 0.168 e. The van der Waals surface area contributed by atoms with E-state index in [1.54, 1.807) is 0 Å². The first-order valence-electron chi connectivity index (χ1n) is 6.21. The summed E-state index contributed by atoms with van der Waals surface area (Å²) in [6.07, 6.45) is 2.03. The van der Waals surface area contributed by atoms with Crippen LogP contribution in [0.2, 0.25) is 0 Å². The molecule has 0 amide bonds. The number of fused-ring (bicyclic) bond motifs is 3. The van der Waals surface area contributed by atoms with Crippen molar-refractivity contribution in [1.82, 2.24) is 14.6 Å². The molecule has 19 heavy (non-hydrogen) atoms. The minimum atomic E-state index is 0.876. The van der Waals surface area contributed by atoms with Crippen molar-refractivity contribution in [3.8, 4) is 11.4 Å². The minimum Gasteiger partial charge on any atom is -0.282 e. The van der Waals surface area contributed by atoms with Crippen molar-refractivity contribution in [2.24, 2.45) is 0 Å². The first kappa shape index (κ1) is 10.3. The molecule has 2 heterocycles. The maximum Gasteiger partial charge on any atom is 0.168 e. The molecule has 0 N–H and O–H groups in total. The van der Waals surface area contributed by atoms with Gasteiger partial charge in [-0.2, -0.15) is 0 Å². The Morgan fingerprint density at radius 2 is 1.53 bits per heavy atom. The molecule has 2 aromatic carbocycles. The predicted molar refractivity (Wildman–Crippen MR) is 75.9 cm³/mol. The Labute approximate surface area is 110 Å². The Hall–Kier alpha value is -2.68. The van der Waals surface area contributed by atoms with Gasteiger partial charge in [0.25, 0.3) is 0 Å².